The van der Waals surface area contributed by atoms with Gasteiger partial charge in [0.05, 0.1) is 0 Å². The standard InChI is InChI=1S/C12H20/c1-2-6-12-7-3-5-11(9-12)10(4-1)8-12/h10-11H,1-9H2. The highest BCUT2D eigenvalue weighted by atomic mass is 14.5. The van der Waals surface area contributed by atoms with E-state index >= 15 is 0 Å². The van der Waals surface area contributed by atoms with E-state index in [9.17, 15) is 0 Å². The van der Waals surface area contributed by atoms with Gasteiger partial charge in [0.2, 0.25) is 0 Å². The summed E-state index contributed by atoms with van der Waals surface area (Å²) in [4.78, 5) is 0. The Balaban J connectivity index is 1.90. The van der Waals surface area contributed by atoms with Gasteiger partial charge >= 0.3 is 0 Å². The second kappa shape index (κ2) is 2.49. The van der Waals surface area contributed by atoms with Crippen LogP contribution >= 0.6 is 0 Å². The van der Waals surface area contributed by atoms with E-state index in [1.54, 1.807) is 57.8 Å². The topological polar surface area (TPSA) is 0 Å². The van der Waals surface area contributed by atoms with E-state index in [0.29, 0.717) is 0 Å². The summed E-state index contributed by atoms with van der Waals surface area (Å²) in [6.07, 6.45) is 14.2. The number of rotatable bonds is 0. The van der Waals surface area contributed by atoms with Crippen molar-refractivity contribution in [3.8, 4) is 0 Å². The lowest BCUT2D eigenvalue weighted by Gasteiger charge is -2.33. The van der Waals surface area contributed by atoms with Crippen LogP contribution in [0, 0.1) is 17.3 Å². The summed E-state index contributed by atoms with van der Waals surface area (Å²) in [5, 5.41) is 0. The van der Waals surface area contributed by atoms with Crippen LogP contribution in [0.25, 0.3) is 0 Å². The second-order valence-electron chi connectivity index (χ2n) is 5.57. The molecule has 3 saturated carbocycles. The third-order valence-corrected chi connectivity index (χ3v) is 4.87. The molecule has 1 spiro atoms. The zero-order chi connectivity index (χ0) is 8.02. The third-order valence-electron chi connectivity index (χ3n) is 4.87. The maximum absolute atomic E-state index is 1.62. The van der Waals surface area contributed by atoms with Crippen LogP contribution in [0.3, 0.4) is 0 Å². The highest BCUT2D eigenvalue weighted by Gasteiger charge is 2.47. The van der Waals surface area contributed by atoms with E-state index in [1.807, 2.05) is 0 Å². The summed E-state index contributed by atoms with van der Waals surface area (Å²) in [7, 11) is 0. The maximum Gasteiger partial charge on any atom is -0.0292 e. The molecule has 0 saturated heterocycles. The van der Waals surface area contributed by atoms with Gasteiger partial charge in [-0.05, 0) is 42.9 Å². The Kier molecular flexibility index (Phi) is 1.54. The van der Waals surface area contributed by atoms with Crippen molar-refractivity contribution in [1.82, 2.24) is 0 Å². The quantitative estimate of drug-likeness (QED) is 0.511. The zero-order valence-corrected chi connectivity index (χ0v) is 8.02. The van der Waals surface area contributed by atoms with Crippen LogP contribution in [0.1, 0.15) is 57.8 Å². The minimum Gasteiger partial charge on any atom is -0.0530 e. The van der Waals surface area contributed by atoms with Gasteiger partial charge in [-0.25, -0.2) is 0 Å². The van der Waals surface area contributed by atoms with Gasteiger partial charge in [-0.15, -0.1) is 0 Å². The molecular weight excluding hydrogens is 144 g/mol. The molecule has 3 fully saturated rings. The zero-order valence-electron chi connectivity index (χ0n) is 8.02. The SMILES string of the molecule is C1CCC23CCCC(C2)C(C1)C3. The molecule has 0 aromatic rings. The van der Waals surface area contributed by atoms with Crippen LogP contribution in [0.2, 0.25) is 0 Å². The van der Waals surface area contributed by atoms with Crippen molar-refractivity contribution >= 4 is 0 Å². The molecule has 0 aromatic heterocycles. The summed E-state index contributed by atoms with van der Waals surface area (Å²) in [5.74, 6) is 2.33. The van der Waals surface area contributed by atoms with Gasteiger partial charge in [-0.2, -0.15) is 0 Å². The molecule has 0 radical (unpaired) electrons. The highest BCUT2D eigenvalue weighted by molar-refractivity contribution is 4.98. The fourth-order valence-corrected chi connectivity index (χ4v) is 4.38. The lowest BCUT2D eigenvalue weighted by Crippen LogP contribution is -2.21. The van der Waals surface area contributed by atoms with E-state index in [0.717, 1.165) is 11.3 Å². The predicted octanol–water partition coefficient (Wildman–Crippen LogP) is 3.76. The average molecular weight is 164 g/mol. The first-order valence-corrected chi connectivity index (χ1v) is 5.88. The monoisotopic (exact) mass is 164 g/mol. The van der Waals surface area contributed by atoms with Gasteiger partial charge in [0.1, 0.15) is 0 Å². The van der Waals surface area contributed by atoms with Gasteiger partial charge in [-0.3, -0.25) is 0 Å². The largest absolute Gasteiger partial charge is 0.0530 e. The van der Waals surface area contributed by atoms with Crippen LogP contribution in [-0.2, 0) is 0 Å². The Labute approximate surface area is 75.7 Å². The molecule has 12 heavy (non-hydrogen) atoms. The van der Waals surface area contributed by atoms with Crippen LogP contribution < -0.4 is 0 Å². The molecule has 0 aromatic carbocycles. The molecule has 0 amide bonds. The van der Waals surface area contributed by atoms with E-state index in [4.69, 9.17) is 0 Å². The molecule has 0 nitrogen and oxygen atoms in total. The van der Waals surface area contributed by atoms with Gasteiger partial charge in [0.25, 0.3) is 0 Å². The maximum atomic E-state index is 1.62. The van der Waals surface area contributed by atoms with Crippen LogP contribution in [0.5, 0.6) is 0 Å². The summed E-state index contributed by atoms with van der Waals surface area (Å²) in [5.41, 5.74) is 0.879. The molecule has 3 aliphatic carbocycles. The van der Waals surface area contributed by atoms with Crippen LogP contribution in [-0.4, -0.2) is 0 Å². The molecule has 68 valence electrons. The van der Waals surface area contributed by atoms with Crippen molar-refractivity contribution in [3.63, 3.8) is 0 Å². The van der Waals surface area contributed by atoms with E-state index in [1.165, 1.54) is 5.92 Å². The third kappa shape index (κ3) is 0.963. The summed E-state index contributed by atoms with van der Waals surface area (Å²) >= 11 is 0. The number of hydrogen-bond donors (Lipinski definition) is 0. The summed E-state index contributed by atoms with van der Waals surface area (Å²) in [6, 6.07) is 0. The first-order valence-electron chi connectivity index (χ1n) is 5.88. The van der Waals surface area contributed by atoms with Crippen molar-refractivity contribution in [1.29, 1.82) is 0 Å². The minimum atomic E-state index is 0.879. The number of hydrogen-bond acceptors (Lipinski definition) is 0. The van der Waals surface area contributed by atoms with Gasteiger partial charge in [-0.1, -0.05) is 32.1 Å². The Hall–Kier alpha value is 0. The molecule has 3 atom stereocenters. The minimum absolute atomic E-state index is 0.879. The normalized spacial score (nSPS) is 52.0. The van der Waals surface area contributed by atoms with Crippen molar-refractivity contribution < 1.29 is 0 Å². The van der Waals surface area contributed by atoms with Crippen molar-refractivity contribution in [3.05, 3.63) is 0 Å². The molecule has 0 N–H and O–H groups in total. The Morgan fingerprint density at radius 3 is 2.25 bits per heavy atom. The second-order valence-corrected chi connectivity index (χ2v) is 5.57. The van der Waals surface area contributed by atoms with Crippen molar-refractivity contribution in [2.24, 2.45) is 17.3 Å². The first-order chi connectivity index (χ1) is 5.88. The molecule has 3 rings (SSSR count). The Morgan fingerprint density at radius 2 is 1.42 bits per heavy atom. The molecule has 0 heteroatoms. The molecular formula is C12H20. The van der Waals surface area contributed by atoms with Crippen molar-refractivity contribution in [2.45, 2.75) is 57.8 Å². The summed E-state index contributed by atoms with van der Waals surface area (Å²) < 4.78 is 0. The van der Waals surface area contributed by atoms with Gasteiger partial charge in [0.15, 0.2) is 0 Å². The van der Waals surface area contributed by atoms with Crippen LogP contribution in [0.15, 0.2) is 0 Å². The molecule has 0 aliphatic heterocycles. The Morgan fingerprint density at radius 1 is 0.750 bits per heavy atom. The number of fused-ring (bicyclic) bond motifs is 3. The molecule has 3 bridgehead atoms. The van der Waals surface area contributed by atoms with E-state index < -0.39 is 0 Å². The first kappa shape index (κ1) is 7.41. The fraction of sp³-hybridized carbons (Fsp3) is 1.00. The van der Waals surface area contributed by atoms with Crippen molar-refractivity contribution in [2.75, 3.05) is 0 Å². The molecule has 3 unspecified atom stereocenters. The average Bonchev–Trinajstić information content (AvgIpc) is 2.24. The lowest BCUT2D eigenvalue weighted by molar-refractivity contribution is 0.184. The van der Waals surface area contributed by atoms with E-state index in [-0.39, 0.29) is 0 Å². The fourth-order valence-electron chi connectivity index (χ4n) is 4.38. The Bertz CT molecular complexity index is 184. The highest BCUT2D eigenvalue weighted by Crippen LogP contribution is 2.59. The summed E-state index contributed by atoms with van der Waals surface area (Å²) in [6.45, 7) is 0. The van der Waals surface area contributed by atoms with Gasteiger partial charge in [0, 0.05) is 0 Å². The van der Waals surface area contributed by atoms with Gasteiger partial charge < -0.3 is 0 Å². The van der Waals surface area contributed by atoms with Crippen LogP contribution in [0.4, 0.5) is 0 Å². The lowest BCUT2D eigenvalue weighted by atomic mass is 9.72. The molecule has 3 aliphatic rings. The smallest absolute Gasteiger partial charge is 0.0292 e. The molecule has 0 heterocycles. The predicted molar refractivity (Wildman–Crippen MR) is 51.0 cm³/mol. The van der Waals surface area contributed by atoms with E-state index in [2.05, 4.69) is 0 Å².